The predicted molar refractivity (Wildman–Crippen MR) is 84.1 cm³/mol. The summed E-state index contributed by atoms with van der Waals surface area (Å²) in [6, 6.07) is 14.3. The number of benzene rings is 4. The van der Waals surface area contributed by atoms with Crippen molar-refractivity contribution >= 4 is 44.3 Å². The second-order valence-corrected chi connectivity index (χ2v) is 5.26. The van der Waals surface area contributed by atoms with Crippen LogP contribution in [0.3, 0.4) is 0 Å². The molecule has 0 unspecified atom stereocenters. The maximum Gasteiger partial charge on any atom is 0.336 e. The number of carboxylic acids is 2. The Morgan fingerprint density at radius 1 is 0.682 bits per heavy atom. The Hall–Kier alpha value is -3.14. The molecule has 4 aromatic carbocycles. The minimum Gasteiger partial charge on any atom is -0.478 e. The number of hydrogen-bond donors (Lipinski definition) is 2. The van der Waals surface area contributed by atoms with Gasteiger partial charge in [0.25, 0.3) is 0 Å². The molecule has 0 bridgehead atoms. The van der Waals surface area contributed by atoms with Gasteiger partial charge in [-0.25, -0.2) is 9.59 Å². The fraction of sp³-hybridized carbons (Fsp3) is 0. The van der Waals surface area contributed by atoms with E-state index in [-0.39, 0.29) is 11.1 Å². The first kappa shape index (κ1) is 12.6. The molecule has 4 rings (SSSR count). The fourth-order valence-corrected chi connectivity index (χ4v) is 3.19. The van der Waals surface area contributed by atoms with Crippen molar-refractivity contribution in [2.45, 2.75) is 0 Å². The van der Waals surface area contributed by atoms with Gasteiger partial charge in [-0.1, -0.05) is 42.5 Å². The molecule has 4 heteroatoms. The summed E-state index contributed by atoms with van der Waals surface area (Å²) >= 11 is 0. The number of carbonyl (C=O) groups is 2. The minimum absolute atomic E-state index is 0.0168. The molecule has 106 valence electrons. The fourth-order valence-electron chi connectivity index (χ4n) is 3.19. The first-order valence-electron chi connectivity index (χ1n) is 6.75. The summed E-state index contributed by atoms with van der Waals surface area (Å²) in [4.78, 5) is 23.1. The van der Waals surface area contributed by atoms with Crippen LogP contribution in [-0.4, -0.2) is 22.2 Å². The van der Waals surface area contributed by atoms with Crippen molar-refractivity contribution in [3.63, 3.8) is 0 Å². The number of rotatable bonds is 2. The van der Waals surface area contributed by atoms with Crippen molar-refractivity contribution in [3.05, 3.63) is 59.7 Å². The van der Waals surface area contributed by atoms with Gasteiger partial charge >= 0.3 is 11.9 Å². The van der Waals surface area contributed by atoms with Gasteiger partial charge in [-0.15, -0.1) is 0 Å². The highest BCUT2D eigenvalue weighted by atomic mass is 16.4. The highest BCUT2D eigenvalue weighted by Crippen LogP contribution is 2.37. The molecule has 0 aliphatic carbocycles. The van der Waals surface area contributed by atoms with Gasteiger partial charge in [-0.3, -0.25) is 0 Å². The van der Waals surface area contributed by atoms with Crippen molar-refractivity contribution in [2.75, 3.05) is 0 Å². The summed E-state index contributed by atoms with van der Waals surface area (Å²) in [6.07, 6.45) is 0. The van der Waals surface area contributed by atoms with E-state index in [1.165, 1.54) is 6.07 Å². The molecule has 0 aromatic heterocycles. The van der Waals surface area contributed by atoms with E-state index in [0.29, 0.717) is 16.2 Å². The number of carboxylic acid groups (broad SMARTS) is 2. The van der Waals surface area contributed by atoms with Crippen molar-refractivity contribution < 1.29 is 19.8 Å². The average molecular weight is 290 g/mol. The third kappa shape index (κ3) is 1.52. The number of hydrogen-bond acceptors (Lipinski definition) is 2. The van der Waals surface area contributed by atoms with Crippen LogP contribution in [0.1, 0.15) is 20.7 Å². The summed E-state index contributed by atoms with van der Waals surface area (Å²) in [6.45, 7) is 0. The van der Waals surface area contributed by atoms with Gasteiger partial charge in [0.2, 0.25) is 0 Å². The van der Waals surface area contributed by atoms with Crippen LogP contribution in [0.2, 0.25) is 0 Å². The van der Waals surface area contributed by atoms with Crippen LogP contribution in [0.25, 0.3) is 32.3 Å². The molecule has 22 heavy (non-hydrogen) atoms. The van der Waals surface area contributed by atoms with Gasteiger partial charge in [-0.2, -0.15) is 0 Å². The Morgan fingerprint density at radius 3 is 1.64 bits per heavy atom. The Labute approximate surface area is 124 Å². The lowest BCUT2D eigenvalue weighted by molar-refractivity contribution is 0.0697. The van der Waals surface area contributed by atoms with Gasteiger partial charge in [0.05, 0.1) is 11.1 Å². The van der Waals surface area contributed by atoms with Gasteiger partial charge in [0.15, 0.2) is 0 Å². The van der Waals surface area contributed by atoms with E-state index in [0.717, 1.165) is 16.2 Å². The summed E-state index contributed by atoms with van der Waals surface area (Å²) in [5.74, 6) is -2.25. The van der Waals surface area contributed by atoms with Crippen LogP contribution in [0, 0.1) is 0 Å². The summed E-state index contributed by atoms with van der Waals surface area (Å²) in [5.41, 5.74) is 0.0336. The molecule has 0 atom stereocenters. The van der Waals surface area contributed by atoms with Gasteiger partial charge in [-0.05, 0) is 38.4 Å². The molecule has 2 N–H and O–H groups in total. The first-order valence-corrected chi connectivity index (χ1v) is 6.75. The zero-order valence-electron chi connectivity index (χ0n) is 11.3. The normalized spacial score (nSPS) is 11.5. The third-order valence-corrected chi connectivity index (χ3v) is 4.11. The molecule has 0 aliphatic heterocycles. The molecule has 0 spiro atoms. The van der Waals surface area contributed by atoms with Crippen LogP contribution < -0.4 is 0 Å². The van der Waals surface area contributed by atoms with Gasteiger partial charge < -0.3 is 10.2 Å². The second-order valence-electron chi connectivity index (χ2n) is 5.26. The topological polar surface area (TPSA) is 74.6 Å². The number of aromatic carboxylic acids is 2. The van der Waals surface area contributed by atoms with E-state index in [9.17, 15) is 19.8 Å². The third-order valence-electron chi connectivity index (χ3n) is 4.11. The lowest BCUT2D eigenvalue weighted by Crippen LogP contribution is -2.05. The van der Waals surface area contributed by atoms with Crippen LogP contribution in [0.4, 0.5) is 0 Å². The van der Waals surface area contributed by atoms with Crippen molar-refractivity contribution in [3.8, 4) is 0 Å². The molecule has 0 saturated carbocycles. The van der Waals surface area contributed by atoms with Gasteiger partial charge in [0, 0.05) is 0 Å². The lowest BCUT2D eigenvalue weighted by atomic mass is 9.89. The Kier molecular flexibility index (Phi) is 2.39. The molecule has 4 nitrogen and oxygen atoms in total. The van der Waals surface area contributed by atoms with E-state index in [1.807, 2.05) is 30.3 Å². The van der Waals surface area contributed by atoms with E-state index < -0.39 is 11.9 Å². The minimum atomic E-state index is -1.12. The standard InChI is InChI=1S/C18H10O4/c19-17(20)13-8-14(18(21)22)12-7-5-10-3-1-2-9-4-6-11(13)16(12)15(9)10/h1-8H,(H,19,20)(H,21,22). The zero-order chi connectivity index (χ0) is 15.4. The average Bonchev–Trinajstić information content (AvgIpc) is 2.51. The monoisotopic (exact) mass is 290 g/mol. The molecule has 0 amide bonds. The second kappa shape index (κ2) is 4.18. The quantitative estimate of drug-likeness (QED) is 0.547. The van der Waals surface area contributed by atoms with Gasteiger partial charge in [0.1, 0.15) is 0 Å². The predicted octanol–water partition coefficient (Wildman–Crippen LogP) is 3.98. The van der Waals surface area contributed by atoms with Crippen molar-refractivity contribution in [2.24, 2.45) is 0 Å². The van der Waals surface area contributed by atoms with Crippen molar-refractivity contribution in [1.29, 1.82) is 0 Å². The summed E-state index contributed by atoms with van der Waals surface area (Å²) in [7, 11) is 0. The Balaban J connectivity index is 2.39. The van der Waals surface area contributed by atoms with E-state index in [1.54, 1.807) is 12.1 Å². The van der Waals surface area contributed by atoms with E-state index in [4.69, 9.17) is 0 Å². The molecule has 4 aromatic rings. The highest BCUT2D eigenvalue weighted by Gasteiger charge is 2.20. The van der Waals surface area contributed by atoms with E-state index >= 15 is 0 Å². The van der Waals surface area contributed by atoms with Crippen molar-refractivity contribution in [1.82, 2.24) is 0 Å². The smallest absolute Gasteiger partial charge is 0.336 e. The van der Waals surface area contributed by atoms with Crippen LogP contribution in [0.5, 0.6) is 0 Å². The SMILES string of the molecule is O=C(O)c1cc(C(=O)O)c2ccc3cccc4ccc1c2c43. The first-order chi connectivity index (χ1) is 10.6. The van der Waals surface area contributed by atoms with E-state index in [2.05, 4.69) is 0 Å². The molecular weight excluding hydrogens is 280 g/mol. The Morgan fingerprint density at radius 2 is 1.18 bits per heavy atom. The Bertz CT molecular complexity index is 1000. The van der Waals surface area contributed by atoms with Crippen LogP contribution >= 0.6 is 0 Å². The summed E-state index contributed by atoms with van der Waals surface area (Å²) < 4.78 is 0. The molecule has 0 heterocycles. The maximum atomic E-state index is 11.5. The summed E-state index contributed by atoms with van der Waals surface area (Å²) in [5, 5.41) is 23.5. The molecule has 0 radical (unpaired) electrons. The lowest BCUT2D eigenvalue weighted by Gasteiger charge is -2.14. The molecular formula is C18H10O4. The molecule has 0 aliphatic rings. The molecule has 0 fully saturated rings. The largest absolute Gasteiger partial charge is 0.478 e. The highest BCUT2D eigenvalue weighted by molar-refractivity contribution is 6.28. The van der Waals surface area contributed by atoms with Crippen LogP contribution in [0.15, 0.2) is 48.5 Å². The van der Waals surface area contributed by atoms with Crippen LogP contribution in [-0.2, 0) is 0 Å². The molecule has 0 saturated heterocycles. The maximum absolute atomic E-state index is 11.5. The zero-order valence-corrected chi connectivity index (χ0v) is 11.3.